The summed E-state index contributed by atoms with van der Waals surface area (Å²) in [5.41, 5.74) is 0. The Hall–Kier alpha value is -1.29. The first kappa shape index (κ1) is 13.7. The van der Waals surface area contributed by atoms with E-state index in [0.29, 0.717) is 23.8 Å². The summed E-state index contributed by atoms with van der Waals surface area (Å²) < 4.78 is 5.58. The molecule has 2 unspecified atom stereocenters. The summed E-state index contributed by atoms with van der Waals surface area (Å²) in [6.07, 6.45) is 3.24. The third-order valence-electron chi connectivity index (χ3n) is 4.48. The van der Waals surface area contributed by atoms with Crippen molar-refractivity contribution in [3.8, 4) is 0 Å². The molecule has 2 aliphatic rings. The zero-order chi connectivity index (χ0) is 14.1. The predicted molar refractivity (Wildman–Crippen MR) is 77.2 cm³/mol. The van der Waals surface area contributed by atoms with Crippen LogP contribution < -0.4 is 5.32 Å². The third-order valence-corrected chi connectivity index (χ3v) is 4.48. The Bertz CT molecular complexity index is 479. The molecular weight excluding hydrogens is 252 g/mol. The maximum atomic E-state index is 12.1. The van der Waals surface area contributed by atoms with Crippen molar-refractivity contribution in [1.82, 2.24) is 10.2 Å². The van der Waals surface area contributed by atoms with E-state index in [0.717, 1.165) is 50.4 Å². The molecule has 0 spiro atoms. The molecule has 2 atom stereocenters. The molecule has 1 aromatic heterocycles. The number of aryl methyl sites for hydroxylation is 1. The highest BCUT2D eigenvalue weighted by Gasteiger charge is 2.36. The van der Waals surface area contributed by atoms with Gasteiger partial charge in [0.25, 0.3) is 0 Å². The average Bonchev–Trinajstić information content (AvgIpc) is 3.20. The van der Waals surface area contributed by atoms with E-state index < -0.39 is 0 Å². The Labute approximate surface area is 120 Å². The van der Waals surface area contributed by atoms with Crippen LogP contribution in [0.3, 0.4) is 0 Å². The van der Waals surface area contributed by atoms with Crippen molar-refractivity contribution in [3.63, 3.8) is 0 Å². The number of rotatable bonds is 4. The van der Waals surface area contributed by atoms with E-state index in [-0.39, 0.29) is 0 Å². The smallest absolute Gasteiger partial charge is 0.225 e. The molecule has 1 aromatic rings. The van der Waals surface area contributed by atoms with Crippen molar-refractivity contribution in [3.05, 3.63) is 23.7 Å². The minimum absolute atomic E-state index is 0.345. The number of hydrogen-bond donors (Lipinski definition) is 1. The van der Waals surface area contributed by atoms with Gasteiger partial charge in [-0.15, -0.1) is 0 Å². The van der Waals surface area contributed by atoms with Gasteiger partial charge in [0.15, 0.2) is 0 Å². The summed E-state index contributed by atoms with van der Waals surface area (Å²) in [5, 5.41) is 3.57. The highest BCUT2D eigenvalue weighted by atomic mass is 16.3. The van der Waals surface area contributed by atoms with Crippen LogP contribution in [0.1, 0.15) is 37.7 Å². The van der Waals surface area contributed by atoms with Crippen molar-refractivity contribution in [2.45, 2.75) is 45.7 Å². The molecular formula is C16H24N2O2. The van der Waals surface area contributed by atoms with Crippen LogP contribution >= 0.6 is 0 Å². The number of hydrogen-bond acceptors (Lipinski definition) is 3. The fourth-order valence-corrected chi connectivity index (χ4v) is 3.05. The number of likely N-dealkylation sites (tertiary alicyclic amines) is 1. The lowest BCUT2D eigenvalue weighted by Crippen LogP contribution is -2.50. The van der Waals surface area contributed by atoms with Gasteiger partial charge in [-0.2, -0.15) is 0 Å². The lowest BCUT2D eigenvalue weighted by molar-refractivity contribution is -0.134. The van der Waals surface area contributed by atoms with Gasteiger partial charge in [0.05, 0.1) is 6.54 Å². The summed E-state index contributed by atoms with van der Waals surface area (Å²) in [6.45, 7) is 6.77. The van der Waals surface area contributed by atoms with Crippen molar-refractivity contribution >= 4 is 5.91 Å². The Kier molecular flexibility index (Phi) is 3.83. The third kappa shape index (κ3) is 3.06. The summed E-state index contributed by atoms with van der Waals surface area (Å²) in [4.78, 5) is 14.2. The second kappa shape index (κ2) is 5.60. The van der Waals surface area contributed by atoms with Gasteiger partial charge in [0.1, 0.15) is 11.5 Å². The van der Waals surface area contributed by atoms with Crippen LogP contribution in [0.15, 0.2) is 16.5 Å². The minimum Gasteiger partial charge on any atom is -0.465 e. The van der Waals surface area contributed by atoms with Crippen LogP contribution in [0.25, 0.3) is 0 Å². The number of carbonyl (C=O) groups excluding carboxylic acids is 1. The van der Waals surface area contributed by atoms with Gasteiger partial charge >= 0.3 is 0 Å². The Balaban J connectivity index is 1.48. The van der Waals surface area contributed by atoms with Crippen LogP contribution in [-0.4, -0.2) is 29.9 Å². The van der Waals surface area contributed by atoms with Gasteiger partial charge in [-0.3, -0.25) is 4.79 Å². The van der Waals surface area contributed by atoms with E-state index in [9.17, 15) is 4.79 Å². The molecule has 2 heterocycles. The fourth-order valence-electron chi connectivity index (χ4n) is 3.05. The van der Waals surface area contributed by atoms with E-state index in [4.69, 9.17) is 4.42 Å². The summed E-state index contributed by atoms with van der Waals surface area (Å²) in [5.74, 6) is 3.18. The molecule has 0 radical (unpaired) electrons. The van der Waals surface area contributed by atoms with E-state index in [1.807, 2.05) is 19.1 Å². The molecule has 0 bridgehead atoms. The molecule has 1 amide bonds. The second-order valence-corrected chi connectivity index (χ2v) is 6.32. The van der Waals surface area contributed by atoms with Crippen LogP contribution in [0.4, 0.5) is 0 Å². The first-order chi connectivity index (χ1) is 9.63. The Morgan fingerprint density at radius 1 is 1.40 bits per heavy atom. The van der Waals surface area contributed by atoms with Crippen molar-refractivity contribution in [2.75, 3.05) is 13.1 Å². The van der Waals surface area contributed by atoms with Crippen molar-refractivity contribution < 1.29 is 9.21 Å². The molecule has 1 aliphatic heterocycles. The molecule has 4 nitrogen and oxygen atoms in total. The monoisotopic (exact) mass is 276 g/mol. The van der Waals surface area contributed by atoms with Crippen LogP contribution in [0.5, 0.6) is 0 Å². The minimum atomic E-state index is 0.345. The lowest BCUT2D eigenvalue weighted by Gasteiger charge is -2.37. The highest BCUT2D eigenvalue weighted by Crippen LogP contribution is 2.32. The number of nitrogens with zero attached hydrogens (tertiary/aromatic N) is 1. The Morgan fingerprint density at radius 2 is 2.20 bits per heavy atom. The van der Waals surface area contributed by atoms with Crippen LogP contribution in [0, 0.1) is 18.8 Å². The molecule has 3 rings (SSSR count). The van der Waals surface area contributed by atoms with Gasteiger partial charge < -0.3 is 14.6 Å². The van der Waals surface area contributed by atoms with Gasteiger partial charge in [-0.1, -0.05) is 6.92 Å². The summed E-state index contributed by atoms with van der Waals surface area (Å²) in [7, 11) is 0. The zero-order valence-electron chi connectivity index (χ0n) is 12.4. The molecule has 1 saturated heterocycles. The van der Waals surface area contributed by atoms with Crippen LogP contribution in [-0.2, 0) is 11.3 Å². The van der Waals surface area contributed by atoms with E-state index in [1.54, 1.807) is 0 Å². The molecule has 4 heteroatoms. The van der Waals surface area contributed by atoms with E-state index >= 15 is 0 Å². The molecule has 110 valence electrons. The first-order valence-corrected chi connectivity index (χ1v) is 7.71. The largest absolute Gasteiger partial charge is 0.465 e. The van der Waals surface area contributed by atoms with Gasteiger partial charge in [0, 0.05) is 25.0 Å². The molecule has 1 N–H and O–H groups in total. The SMILES string of the molecule is Cc1ccc(CNC2CCN(C(=O)C3CC3)CC2C)o1. The highest BCUT2D eigenvalue weighted by molar-refractivity contribution is 5.81. The maximum absolute atomic E-state index is 12.1. The topological polar surface area (TPSA) is 45.5 Å². The summed E-state index contributed by atoms with van der Waals surface area (Å²) in [6, 6.07) is 4.50. The van der Waals surface area contributed by atoms with Crippen molar-refractivity contribution in [2.24, 2.45) is 11.8 Å². The number of furan rings is 1. The lowest BCUT2D eigenvalue weighted by atomic mass is 9.93. The first-order valence-electron chi connectivity index (χ1n) is 7.71. The van der Waals surface area contributed by atoms with E-state index in [2.05, 4.69) is 17.1 Å². The molecule has 2 fully saturated rings. The van der Waals surface area contributed by atoms with Gasteiger partial charge in [0.2, 0.25) is 5.91 Å². The standard InChI is InChI=1S/C16H24N2O2/c1-11-10-18(16(19)13-4-5-13)8-7-15(11)17-9-14-6-3-12(2)20-14/h3,6,11,13,15,17H,4-5,7-10H2,1-2H3. The second-order valence-electron chi connectivity index (χ2n) is 6.32. The number of carbonyl (C=O) groups is 1. The molecule has 20 heavy (non-hydrogen) atoms. The quantitative estimate of drug-likeness (QED) is 0.918. The Morgan fingerprint density at radius 3 is 2.80 bits per heavy atom. The number of piperidine rings is 1. The zero-order valence-corrected chi connectivity index (χ0v) is 12.4. The molecule has 1 saturated carbocycles. The normalized spacial score (nSPS) is 26.8. The molecule has 1 aliphatic carbocycles. The number of nitrogens with one attached hydrogen (secondary N) is 1. The average molecular weight is 276 g/mol. The predicted octanol–water partition coefficient (Wildman–Crippen LogP) is 2.32. The number of amides is 1. The van der Waals surface area contributed by atoms with E-state index in [1.165, 1.54) is 0 Å². The van der Waals surface area contributed by atoms with Crippen molar-refractivity contribution in [1.29, 1.82) is 0 Å². The van der Waals surface area contributed by atoms with Gasteiger partial charge in [-0.25, -0.2) is 0 Å². The fraction of sp³-hybridized carbons (Fsp3) is 0.688. The summed E-state index contributed by atoms with van der Waals surface area (Å²) >= 11 is 0. The van der Waals surface area contributed by atoms with Gasteiger partial charge in [-0.05, 0) is 44.2 Å². The molecule has 0 aromatic carbocycles. The maximum Gasteiger partial charge on any atom is 0.225 e. The van der Waals surface area contributed by atoms with Crippen LogP contribution in [0.2, 0.25) is 0 Å².